The summed E-state index contributed by atoms with van der Waals surface area (Å²) in [6.45, 7) is 0.680. The number of pyridine rings is 1. The highest BCUT2D eigenvalue weighted by molar-refractivity contribution is 7.99. The molecule has 23 heavy (non-hydrogen) atoms. The van der Waals surface area contributed by atoms with Crippen LogP contribution in [-0.2, 0) is 11.3 Å². The Bertz CT molecular complexity index is 759. The summed E-state index contributed by atoms with van der Waals surface area (Å²) in [5, 5.41) is 7.95. The van der Waals surface area contributed by atoms with Crippen LogP contribution in [0.2, 0.25) is 0 Å². The Labute approximate surface area is 138 Å². The molecule has 3 aromatic rings. The lowest BCUT2D eigenvalue weighted by atomic mass is 10.2. The van der Waals surface area contributed by atoms with E-state index in [9.17, 15) is 4.79 Å². The molecular weight excluding hydrogens is 308 g/mol. The number of rotatable bonds is 6. The molecule has 1 aromatic carbocycles. The summed E-state index contributed by atoms with van der Waals surface area (Å²) in [6, 6.07) is 15.7. The van der Waals surface area contributed by atoms with Crippen molar-refractivity contribution < 1.29 is 4.79 Å². The number of nitrogens with one attached hydrogen (secondary N) is 1. The van der Waals surface area contributed by atoms with Crippen molar-refractivity contribution in [3.8, 4) is 0 Å². The molecule has 2 aromatic heterocycles. The van der Waals surface area contributed by atoms with Crippen LogP contribution in [0.1, 0.15) is 5.56 Å². The van der Waals surface area contributed by atoms with E-state index in [1.54, 1.807) is 17.1 Å². The van der Waals surface area contributed by atoms with E-state index in [-0.39, 0.29) is 5.91 Å². The van der Waals surface area contributed by atoms with Crippen LogP contribution in [0.25, 0.3) is 0 Å². The molecule has 3 rings (SSSR count). The van der Waals surface area contributed by atoms with Crippen molar-refractivity contribution in [2.24, 2.45) is 0 Å². The molecule has 0 spiro atoms. The normalized spacial score (nSPS) is 10.4. The zero-order valence-electron chi connectivity index (χ0n) is 12.4. The first kappa shape index (κ1) is 15.3. The maximum absolute atomic E-state index is 12.0. The van der Waals surface area contributed by atoms with Gasteiger partial charge in [0.2, 0.25) is 5.91 Å². The molecule has 0 aliphatic heterocycles. The summed E-state index contributed by atoms with van der Waals surface area (Å²) in [4.78, 5) is 16.1. The number of hydrogen-bond acceptors (Lipinski definition) is 4. The molecule has 0 saturated carbocycles. The first-order chi connectivity index (χ1) is 11.3. The number of nitrogens with zero attached hydrogens (tertiary/aromatic N) is 3. The Morgan fingerprint density at radius 1 is 1.13 bits per heavy atom. The zero-order valence-corrected chi connectivity index (χ0v) is 13.2. The van der Waals surface area contributed by atoms with Crippen LogP contribution in [-0.4, -0.2) is 26.4 Å². The van der Waals surface area contributed by atoms with Gasteiger partial charge in [0.15, 0.2) is 0 Å². The van der Waals surface area contributed by atoms with Crippen LogP contribution < -0.4 is 5.32 Å². The van der Waals surface area contributed by atoms with Crippen molar-refractivity contribution in [3.05, 3.63) is 72.7 Å². The molecule has 0 aliphatic rings. The van der Waals surface area contributed by atoms with Crippen molar-refractivity contribution >= 4 is 23.4 Å². The Morgan fingerprint density at radius 3 is 2.74 bits per heavy atom. The molecular formula is C17H16N4OS. The Kier molecular flexibility index (Phi) is 5.06. The number of carbonyl (C=O) groups is 1. The molecule has 2 heterocycles. The minimum Gasteiger partial charge on any atom is -0.323 e. The van der Waals surface area contributed by atoms with Crippen LogP contribution in [0, 0.1) is 0 Å². The van der Waals surface area contributed by atoms with Crippen LogP contribution >= 0.6 is 11.8 Å². The van der Waals surface area contributed by atoms with E-state index in [0.717, 1.165) is 5.03 Å². The summed E-state index contributed by atoms with van der Waals surface area (Å²) in [5.41, 5.74) is 1.87. The van der Waals surface area contributed by atoms with Gasteiger partial charge in [-0.1, -0.05) is 48.2 Å². The standard InChI is InChI=1S/C17H16N4OS/c22-16(13-23-17-8-4-5-9-18-17)20-15-10-19-21(12-15)11-14-6-2-1-3-7-14/h1-10,12H,11,13H2,(H,20,22). The van der Waals surface area contributed by atoms with Crippen molar-refractivity contribution in [2.75, 3.05) is 11.1 Å². The first-order valence-electron chi connectivity index (χ1n) is 7.20. The molecule has 0 fully saturated rings. The highest BCUT2D eigenvalue weighted by Gasteiger charge is 2.06. The number of anilines is 1. The van der Waals surface area contributed by atoms with E-state index >= 15 is 0 Å². The maximum Gasteiger partial charge on any atom is 0.234 e. The van der Waals surface area contributed by atoms with Gasteiger partial charge in [-0.25, -0.2) is 4.98 Å². The fourth-order valence-electron chi connectivity index (χ4n) is 2.05. The average Bonchev–Trinajstić information content (AvgIpc) is 3.02. The third-order valence-electron chi connectivity index (χ3n) is 3.09. The predicted molar refractivity (Wildman–Crippen MR) is 91.4 cm³/mol. The minimum absolute atomic E-state index is 0.0695. The number of aromatic nitrogens is 3. The lowest BCUT2D eigenvalue weighted by molar-refractivity contribution is -0.113. The molecule has 0 unspecified atom stereocenters. The lowest BCUT2D eigenvalue weighted by Crippen LogP contribution is -2.13. The molecule has 0 saturated heterocycles. The van der Waals surface area contributed by atoms with Crippen molar-refractivity contribution in [2.45, 2.75) is 11.6 Å². The number of carbonyl (C=O) groups excluding carboxylic acids is 1. The molecule has 1 N–H and O–H groups in total. The van der Waals surface area contributed by atoms with Gasteiger partial charge < -0.3 is 5.32 Å². The van der Waals surface area contributed by atoms with Gasteiger partial charge in [0.1, 0.15) is 0 Å². The molecule has 0 bridgehead atoms. The molecule has 0 radical (unpaired) electrons. The summed E-state index contributed by atoms with van der Waals surface area (Å²) in [5.74, 6) is 0.251. The summed E-state index contributed by atoms with van der Waals surface area (Å²) in [7, 11) is 0. The molecule has 0 aliphatic carbocycles. The van der Waals surface area contributed by atoms with Crippen LogP contribution in [0.4, 0.5) is 5.69 Å². The third-order valence-corrected chi connectivity index (χ3v) is 4.04. The summed E-state index contributed by atoms with van der Waals surface area (Å²) in [6.07, 6.45) is 5.20. The van der Waals surface area contributed by atoms with Crippen LogP contribution in [0.5, 0.6) is 0 Å². The third kappa shape index (κ3) is 4.69. The second-order valence-corrected chi connectivity index (χ2v) is 5.91. The van der Waals surface area contributed by atoms with Crippen molar-refractivity contribution in [1.29, 1.82) is 0 Å². The lowest BCUT2D eigenvalue weighted by Gasteiger charge is -2.02. The topological polar surface area (TPSA) is 59.8 Å². The number of thioether (sulfide) groups is 1. The van der Waals surface area contributed by atoms with Crippen molar-refractivity contribution in [3.63, 3.8) is 0 Å². The largest absolute Gasteiger partial charge is 0.323 e. The van der Waals surface area contributed by atoms with E-state index in [1.165, 1.54) is 17.3 Å². The molecule has 6 heteroatoms. The molecule has 116 valence electrons. The smallest absolute Gasteiger partial charge is 0.234 e. The van der Waals surface area contributed by atoms with Gasteiger partial charge in [-0.15, -0.1) is 0 Å². The monoisotopic (exact) mass is 324 g/mol. The Hall–Kier alpha value is -2.60. The van der Waals surface area contributed by atoms with Gasteiger partial charge in [0.25, 0.3) is 0 Å². The predicted octanol–water partition coefficient (Wildman–Crippen LogP) is 3.06. The van der Waals surface area contributed by atoms with E-state index in [2.05, 4.69) is 15.4 Å². The first-order valence-corrected chi connectivity index (χ1v) is 8.18. The van der Waals surface area contributed by atoms with Gasteiger partial charge >= 0.3 is 0 Å². The Morgan fingerprint density at radius 2 is 1.96 bits per heavy atom. The minimum atomic E-state index is -0.0695. The number of hydrogen-bond donors (Lipinski definition) is 1. The van der Waals surface area contributed by atoms with E-state index in [4.69, 9.17) is 0 Å². The zero-order chi connectivity index (χ0) is 15.9. The maximum atomic E-state index is 12.0. The fourth-order valence-corrected chi connectivity index (χ4v) is 2.72. The molecule has 1 amide bonds. The van der Waals surface area contributed by atoms with Crippen molar-refractivity contribution in [1.82, 2.24) is 14.8 Å². The van der Waals surface area contributed by atoms with E-state index in [1.807, 2.05) is 54.7 Å². The van der Waals surface area contributed by atoms with E-state index < -0.39 is 0 Å². The summed E-state index contributed by atoms with van der Waals surface area (Å²) >= 11 is 1.41. The van der Waals surface area contributed by atoms with Crippen LogP contribution in [0.15, 0.2) is 72.1 Å². The number of amides is 1. The SMILES string of the molecule is O=C(CSc1ccccn1)Nc1cnn(Cc2ccccc2)c1. The highest BCUT2D eigenvalue weighted by Crippen LogP contribution is 2.15. The second kappa shape index (κ2) is 7.60. The molecule has 0 atom stereocenters. The second-order valence-electron chi connectivity index (χ2n) is 4.92. The summed E-state index contributed by atoms with van der Waals surface area (Å²) < 4.78 is 1.80. The quantitative estimate of drug-likeness (QED) is 0.708. The highest BCUT2D eigenvalue weighted by atomic mass is 32.2. The number of benzene rings is 1. The Balaban J connectivity index is 1.51. The van der Waals surface area contributed by atoms with E-state index in [0.29, 0.717) is 18.0 Å². The van der Waals surface area contributed by atoms with Gasteiger partial charge in [0, 0.05) is 12.4 Å². The van der Waals surface area contributed by atoms with Gasteiger partial charge in [0.05, 0.1) is 29.2 Å². The van der Waals surface area contributed by atoms with Gasteiger partial charge in [-0.05, 0) is 17.7 Å². The van der Waals surface area contributed by atoms with Gasteiger partial charge in [-0.2, -0.15) is 5.10 Å². The average molecular weight is 324 g/mol. The van der Waals surface area contributed by atoms with Gasteiger partial charge in [-0.3, -0.25) is 9.48 Å². The fraction of sp³-hybridized carbons (Fsp3) is 0.118. The molecule has 5 nitrogen and oxygen atoms in total. The van der Waals surface area contributed by atoms with Crippen LogP contribution in [0.3, 0.4) is 0 Å².